The number of benzene rings is 1. The summed E-state index contributed by atoms with van der Waals surface area (Å²) in [5.74, 6) is -0.349. The first-order valence-electron chi connectivity index (χ1n) is 7.55. The Hall–Kier alpha value is -2.00. The summed E-state index contributed by atoms with van der Waals surface area (Å²) in [5.41, 5.74) is -0.307. The zero-order valence-corrected chi connectivity index (χ0v) is 14.0. The van der Waals surface area contributed by atoms with Gasteiger partial charge < -0.3 is 4.74 Å². The molecule has 132 valence electrons. The molecule has 24 heavy (non-hydrogen) atoms. The molecule has 0 aromatic heterocycles. The number of nitrogens with zero attached hydrogens (tertiary/aromatic N) is 1. The first-order valence-corrected chi connectivity index (χ1v) is 8.96. The summed E-state index contributed by atoms with van der Waals surface area (Å²) in [6, 6.07) is 4.75. The fourth-order valence-corrected chi connectivity index (χ4v) is 3.76. The van der Waals surface area contributed by atoms with Crippen LogP contribution in [0.25, 0.3) is 0 Å². The second kappa shape index (κ2) is 7.71. The molecule has 0 N–H and O–H groups in total. The van der Waals surface area contributed by atoms with E-state index in [1.807, 2.05) is 0 Å². The van der Waals surface area contributed by atoms with Crippen molar-refractivity contribution in [2.24, 2.45) is 11.8 Å². The number of carbonyl (C=O) groups excluding carboxylic acids is 1. The van der Waals surface area contributed by atoms with Crippen LogP contribution in [0, 0.1) is 22.0 Å². The fourth-order valence-electron chi connectivity index (χ4n) is 2.74. The molecule has 0 bridgehead atoms. The van der Waals surface area contributed by atoms with Crippen LogP contribution < -0.4 is 0 Å². The number of hydrogen-bond donors (Lipinski definition) is 0. The topological polar surface area (TPSA) is 113 Å². The molecule has 2 rings (SSSR count). The number of esters is 1. The van der Waals surface area contributed by atoms with Crippen LogP contribution in [-0.4, -0.2) is 33.0 Å². The van der Waals surface area contributed by atoms with Gasteiger partial charge in [-0.15, -0.1) is 0 Å². The number of ether oxygens (including phenoxy) is 1. The zero-order valence-electron chi connectivity index (χ0n) is 13.2. The molecule has 0 amide bonds. The van der Waals surface area contributed by atoms with Gasteiger partial charge in [0.15, 0.2) is 0 Å². The molecule has 1 aliphatic rings. The number of carbonyl (C=O) groups is 1. The fraction of sp³-hybridized carbons (Fsp3) is 0.533. The Kier molecular flexibility index (Phi) is 5.89. The Morgan fingerprint density at radius 2 is 1.96 bits per heavy atom. The molecule has 8 nitrogen and oxygen atoms in total. The predicted molar refractivity (Wildman–Crippen MR) is 83.7 cm³/mol. The molecule has 0 atom stereocenters. The van der Waals surface area contributed by atoms with Gasteiger partial charge in [0.2, 0.25) is 0 Å². The van der Waals surface area contributed by atoms with Crippen LogP contribution in [0.1, 0.15) is 25.7 Å². The van der Waals surface area contributed by atoms with Crippen molar-refractivity contribution in [3.63, 3.8) is 0 Å². The third kappa shape index (κ3) is 4.51. The van der Waals surface area contributed by atoms with Crippen molar-refractivity contribution in [1.29, 1.82) is 0 Å². The van der Waals surface area contributed by atoms with E-state index in [1.54, 1.807) is 0 Å². The standard InChI is InChI=1S/C15H19NO7S/c1-22-15(17)12-7-5-11(6-8-12)10-23-24(20,21)14-4-2-3-13(9-14)16(18)19/h2-4,9,11-12H,5-8,10H2,1H3. The first-order chi connectivity index (χ1) is 11.3. The van der Waals surface area contributed by atoms with E-state index in [1.165, 1.54) is 25.3 Å². The van der Waals surface area contributed by atoms with Gasteiger partial charge in [-0.05, 0) is 37.7 Å². The smallest absolute Gasteiger partial charge is 0.308 e. The van der Waals surface area contributed by atoms with Crippen LogP contribution in [0.4, 0.5) is 5.69 Å². The van der Waals surface area contributed by atoms with Gasteiger partial charge in [-0.3, -0.25) is 19.1 Å². The molecule has 0 spiro atoms. The number of non-ortho nitro benzene ring substituents is 1. The second-order valence-corrected chi connectivity index (χ2v) is 7.35. The Balaban J connectivity index is 1.93. The Morgan fingerprint density at radius 1 is 1.29 bits per heavy atom. The van der Waals surface area contributed by atoms with Crippen molar-refractivity contribution in [2.45, 2.75) is 30.6 Å². The summed E-state index contributed by atoms with van der Waals surface area (Å²) in [5, 5.41) is 10.7. The van der Waals surface area contributed by atoms with Gasteiger partial charge in [0, 0.05) is 12.1 Å². The van der Waals surface area contributed by atoms with Crippen LogP contribution >= 0.6 is 0 Å². The highest BCUT2D eigenvalue weighted by atomic mass is 32.2. The molecular formula is C15H19NO7S. The van der Waals surface area contributed by atoms with Crippen LogP contribution in [-0.2, 0) is 23.8 Å². The maximum absolute atomic E-state index is 12.1. The van der Waals surface area contributed by atoms with Gasteiger partial charge in [0.1, 0.15) is 4.90 Å². The van der Waals surface area contributed by atoms with Gasteiger partial charge >= 0.3 is 5.97 Å². The summed E-state index contributed by atoms with van der Waals surface area (Å²) in [6.45, 7) is -0.00107. The van der Waals surface area contributed by atoms with Crippen LogP contribution in [0.3, 0.4) is 0 Å². The second-order valence-electron chi connectivity index (χ2n) is 5.73. The summed E-state index contributed by atoms with van der Waals surface area (Å²) >= 11 is 0. The molecule has 0 unspecified atom stereocenters. The van der Waals surface area contributed by atoms with E-state index in [-0.39, 0.29) is 35.0 Å². The number of methoxy groups -OCH3 is 1. The lowest BCUT2D eigenvalue weighted by molar-refractivity contribution is -0.385. The summed E-state index contributed by atoms with van der Waals surface area (Å²) in [7, 11) is -2.70. The predicted octanol–water partition coefficient (Wildman–Crippen LogP) is 2.28. The highest BCUT2D eigenvalue weighted by Crippen LogP contribution is 2.30. The maximum atomic E-state index is 12.1. The van der Waals surface area contributed by atoms with Crippen molar-refractivity contribution in [3.05, 3.63) is 34.4 Å². The highest BCUT2D eigenvalue weighted by molar-refractivity contribution is 7.86. The number of nitro groups is 1. The van der Waals surface area contributed by atoms with E-state index in [2.05, 4.69) is 0 Å². The van der Waals surface area contributed by atoms with Gasteiger partial charge in [0.05, 0.1) is 24.6 Å². The maximum Gasteiger partial charge on any atom is 0.308 e. The van der Waals surface area contributed by atoms with E-state index < -0.39 is 15.0 Å². The molecule has 1 aliphatic carbocycles. The van der Waals surface area contributed by atoms with Gasteiger partial charge in [0.25, 0.3) is 15.8 Å². The minimum Gasteiger partial charge on any atom is -0.469 e. The van der Waals surface area contributed by atoms with E-state index in [4.69, 9.17) is 8.92 Å². The largest absolute Gasteiger partial charge is 0.469 e. The lowest BCUT2D eigenvalue weighted by Crippen LogP contribution is -2.25. The van der Waals surface area contributed by atoms with E-state index in [9.17, 15) is 23.3 Å². The van der Waals surface area contributed by atoms with Gasteiger partial charge in [-0.25, -0.2) is 0 Å². The molecule has 1 fully saturated rings. The van der Waals surface area contributed by atoms with E-state index in [0.717, 1.165) is 6.07 Å². The minimum absolute atomic E-state index is 0.00107. The molecule has 0 heterocycles. The summed E-state index contributed by atoms with van der Waals surface area (Å²) in [6.07, 6.45) is 2.61. The molecule has 0 aliphatic heterocycles. The van der Waals surface area contributed by atoms with E-state index >= 15 is 0 Å². The average molecular weight is 357 g/mol. The number of hydrogen-bond acceptors (Lipinski definition) is 7. The van der Waals surface area contributed by atoms with Crippen LogP contribution in [0.15, 0.2) is 29.2 Å². The van der Waals surface area contributed by atoms with Crippen LogP contribution in [0.5, 0.6) is 0 Å². The van der Waals surface area contributed by atoms with Crippen molar-refractivity contribution in [2.75, 3.05) is 13.7 Å². The van der Waals surface area contributed by atoms with Crippen LogP contribution in [0.2, 0.25) is 0 Å². The molecule has 1 aromatic carbocycles. The highest BCUT2D eigenvalue weighted by Gasteiger charge is 2.28. The third-order valence-electron chi connectivity index (χ3n) is 4.16. The Bertz CT molecular complexity index is 708. The molecule has 0 radical (unpaired) electrons. The quantitative estimate of drug-likeness (QED) is 0.332. The molecule has 1 saturated carbocycles. The molecular weight excluding hydrogens is 338 g/mol. The minimum atomic E-state index is -4.05. The summed E-state index contributed by atoms with van der Waals surface area (Å²) < 4.78 is 34.1. The summed E-state index contributed by atoms with van der Waals surface area (Å²) in [4.78, 5) is 21.3. The van der Waals surface area contributed by atoms with Gasteiger partial charge in [-0.1, -0.05) is 6.07 Å². The van der Waals surface area contributed by atoms with Gasteiger partial charge in [-0.2, -0.15) is 8.42 Å². The van der Waals surface area contributed by atoms with Crippen molar-refractivity contribution >= 4 is 21.8 Å². The molecule has 1 aromatic rings. The Labute approximate surface area is 140 Å². The average Bonchev–Trinajstić information content (AvgIpc) is 2.60. The number of nitro benzene ring substituents is 1. The normalized spacial score (nSPS) is 21.2. The van der Waals surface area contributed by atoms with Crippen molar-refractivity contribution in [1.82, 2.24) is 0 Å². The van der Waals surface area contributed by atoms with Crippen molar-refractivity contribution in [3.8, 4) is 0 Å². The molecule has 9 heteroatoms. The van der Waals surface area contributed by atoms with E-state index in [0.29, 0.717) is 25.7 Å². The SMILES string of the molecule is COC(=O)C1CCC(COS(=O)(=O)c2cccc([N+](=O)[O-])c2)CC1. The number of rotatable bonds is 6. The Morgan fingerprint density at radius 3 is 2.54 bits per heavy atom. The molecule has 0 saturated heterocycles. The monoisotopic (exact) mass is 357 g/mol. The third-order valence-corrected chi connectivity index (χ3v) is 5.43. The lowest BCUT2D eigenvalue weighted by Gasteiger charge is -2.26. The lowest BCUT2D eigenvalue weighted by atomic mass is 9.82. The zero-order chi connectivity index (χ0) is 17.7. The first kappa shape index (κ1) is 18.3. The van der Waals surface area contributed by atoms with Crippen molar-refractivity contribution < 1.29 is 27.1 Å².